The molecule has 0 saturated heterocycles. The van der Waals surface area contributed by atoms with Gasteiger partial charge in [0.1, 0.15) is 5.75 Å². The first kappa shape index (κ1) is 14.1. The normalized spacial score (nSPS) is 10.3. The van der Waals surface area contributed by atoms with E-state index in [0.29, 0.717) is 18.1 Å². The van der Waals surface area contributed by atoms with E-state index < -0.39 is 5.91 Å². The molecule has 1 heterocycles. The molecular formula is C14H17N3O3. The Kier molecular flexibility index (Phi) is 4.73. The molecule has 0 fully saturated rings. The fourth-order valence-electron chi connectivity index (χ4n) is 1.71. The third-order valence-electron chi connectivity index (χ3n) is 2.78. The van der Waals surface area contributed by atoms with Crippen LogP contribution >= 0.6 is 0 Å². The first-order valence-electron chi connectivity index (χ1n) is 6.46. The van der Waals surface area contributed by atoms with E-state index in [9.17, 15) is 4.79 Å². The number of unbranched alkanes of at least 4 members (excludes halogenated alkanes) is 1. The largest absolute Gasteiger partial charge is 0.493 e. The van der Waals surface area contributed by atoms with Crippen molar-refractivity contribution in [1.29, 1.82) is 0 Å². The number of carbonyl (C=O) groups excluding carboxylic acids is 1. The number of nitrogens with one attached hydrogen (secondary N) is 1. The average molecular weight is 275 g/mol. The van der Waals surface area contributed by atoms with Crippen molar-refractivity contribution in [2.24, 2.45) is 5.84 Å². The number of aromatic nitrogens is 1. The van der Waals surface area contributed by atoms with Gasteiger partial charge in [0.15, 0.2) is 11.5 Å². The van der Waals surface area contributed by atoms with Crippen LogP contribution < -0.4 is 16.0 Å². The van der Waals surface area contributed by atoms with Crippen molar-refractivity contribution >= 4 is 5.91 Å². The van der Waals surface area contributed by atoms with Crippen LogP contribution in [0.2, 0.25) is 0 Å². The molecule has 1 aromatic heterocycles. The minimum absolute atomic E-state index is 0.130. The van der Waals surface area contributed by atoms with Crippen LogP contribution in [-0.4, -0.2) is 17.7 Å². The van der Waals surface area contributed by atoms with Crippen molar-refractivity contribution in [2.45, 2.75) is 19.8 Å². The van der Waals surface area contributed by atoms with Gasteiger partial charge in [-0.2, -0.15) is 0 Å². The van der Waals surface area contributed by atoms with Gasteiger partial charge in [-0.1, -0.05) is 30.6 Å². The summed E-state index contributed by atoms with van der Waals surface area (Å²) in [5, 5.41) is 3.68. The molecule has 0 bridgehead atoms. The number of para-hydroxylation sites is 1. The molecule has 2 aromatic rings. The maximum absolute atomic E-state index is 11.4. The van der Waals surface area contributed by atoms with Gasteiger partial charge < -0.3 is 9.26 Å². The number of nitrogens with zero attached hydrogens (tertiary/aromatic N) is 1. The van der Waals surface area contributed by atoms with Crippen LogP contribution in [0.5, 0.6) is 5.75 Å². The monoisotopic (exact) mass is 275 g/mol. The highest BCUT2D eigenvalue weighted by Crippen LogP contribution is 2.30. The molecule has 1 aromatic carbocycles. The van der Waals surface area contributed by atoms with Crippen LogP contribution in [0.25, 0.3) is 11.3 Å². The van der Waals surface area contributed by atoms with Crippen molar-refractivity contribution in [3.63, 3.8) is 0 Å². The van der Waals surface area contributed by atoms with Crippen LogP contribution in [0.1, 0.15) is 30.3 Å². The molecule has 1 amide bonds. The number of ether oxygens (including phenoxy) is 1. The van der Waals surface area contributed by atoms with Gasteiger partial charge in [0, 0.05) is 6.07 Å². The van der Waals surface area contributed by atoms with Gasteiger partial charge >= 0.3 is 0 Å². The van der Waals surface area contributed by atoms with Gasteiger partial charge in [-0.3, -0.25) is 10.2 Å². The molecule has 0 aliphatic rings. The molecule has 0 saturated carbocycles. The topological polar surface area (TPSA) is 90.4 Å². The van der Waals surface area contributed by atoms with Crippen LogP contribution in [0, 0.1) is 0 Å². The molecule has 20 heavy (non-hydrogen) atoms. The molecule has 0 aliphatic carbocycles. The quantitative estimate of drug-likeness (QED) is 0.365. The van der Waals surface area contributed by atoms with Gasteiger partial charge in [-0.15, -0.1) is 0 Å². The predicted molar refractivity (Wildman–Crippen MR) is 74.0 cm³/mol. The molecule has 0 aliphatic heterocycles. The zero-order valence-corrected chi connectivity index (χ0v) is 11.3. The number of benzene rings is 1. The Morgan fingerprint density at radius 1 is 1.45 bits per heavy atom. The summed E-state index contributed by atoms with van der Waals surface area (Å²) in [7, 11) is 0. The maximum Gasteiger partial charge on any atom is 0.287 e. The summed E-state index contributed by atoms with van der Waals surface area (Å²) in [5.74, 6) is 5.73. The molecule has 0 radical (unpaired) electrons. The summed E-state index contributed by atoms with van der Waals surface area (Å²) >= 11 is 0. The van der Waals surface area contributed by atoms with Gasteiger partial charge in [0.25, 0.3) is 5.91 Å². The Hall–Kier alpha value is -2.34. The number of carbonyl (C=O) groups is 1. The van der Waals surface area contributed by atoms with Crippen LogP contribution in [0.15, 0.2) is 34.9 Å². The lowest BCUT2D eigenvalue weighted by Crippen LogP contribution is -2.30. The van der Waals surface area contributed by atoms with Gasteiger partial charge in [0.2, 0.25) is 0 Å². The summed E-state index contributed by atoms with van der Waals surface area (Å²) in [6.07, 6.45) is 2.04. The van der Waals surface area contributed by atoms with E-state index in [-0.39, 0.29) is 5.69 Å². The summed E-state index contributed by atoms with van der Waals surface area (Å²) in [5.41, 5.74) is 2.90. The highest BCUT2D eigenvalue weighted by Gasteiger charge is 2.15. The molecule has 106 valence electrons. The second-order valence-corrected chi connectivity index (χ2v) is 4.25. The standard InChI is InChI=1S/C14H17N3O3/c1-2-3-8-19-12-7-5-4-6-10(12)13-9-11(17-20-13)14(18)16-15/h4-7,9H,2-3,8,15H2,1H3,(H,16,18). The molecule has 2 rings (SSSR count). The van der Waals surface area contributed by atoms with E-state index in [4.69, 9.17) is 15.1 Å². The fourth-order valence-corrected chi connectivity index (χ4v) is 1.71. The minimum Gasteiger partial charge on any atom is -0.493 e. The van der Waals surface area contributed by atoms with E-state index in [0.717, 1.165) is 18.4 Å². The van der Waals surface area contributed by atoms with Crippen molar-refractivity contribution in [3.05, 3.63) is 36.0 Å². The number of nitrogens with two attached hydrogens (primary N) is 1. The average Bonchev–Trinajstić information content (AvgIpc) is 2.97. The number of amides is 1. The van der Waals surface area contributed by atoms with Crippen LogP contribution in [-0.2, 0) is 0 Å². The molecule has 0 atom stereocenters. The Morgan fingerprint density at radius 2 is 2.25 bits per heavy atom. The van der Waals surface area contributed by atoms with E-state index >= 15 is 0 Å². The summed E-state index contributed by atoms with van der Waals surface area (Å²) in [4.78, 5) is 11.4. The zero-order valence-electron chi connectivity index (χ0n) is 11.3. The molecule has 0 spiro atoms. The lowest BCUT2D eigenvalue weighted by Gasteiger charge is -2.08. The van der Waals surface area contributed by atoms with E-state index in [2.05, 4.69) is 12.1 Å². The lowest BCUT2D eigenvalue weighted by molar-refractivity contribution is 0.0944. The molecule has 6 nitrogen and oxygen atoms in total. The number of hydrazine groups is 1. The van der Waals surface area contributed by atoms with Gasteiger partial charge in [-0.25, -0.2) is 5.84 Å². The summed E-state index contributed by atoms with van der Waals surface area (Å²) in [6, 6.07) is 8.99. The zero-order chi connectivity index (χ0) is 14.4. The Bertz CT molecular complexity index is 581. The maximum atomic E-state index is 11.4. The molecule has 6 heteroatoms. The SMILES string of the molecule is CCCCOc1ccccc1-c1cc(C(=O)NN)no1. The minimum atomic E-state index is -0.496. The Morgan fingerprint density at radius 3 is 3.00 bits per heavy atom. The number of hydrogen-bond donors (Lipinski definition) is 2. The Labute approximate surface area is 116 Å². The fraction of sp³-hybridized carbons (Fsp3) is 0.286. The first-order valence-corrected chi connectivity index (χ1v) is 6.46. The van der Waals surface area contributed by atoms with Crippen molar-refractivity contribution in [2.75, 3.05) is 6.61 Å². The van der Waals surface area contributed by atoms with E-state index in [1.807, 2.05) is 29.7 Å². The molecule has 0 unspecified atom stereocenters. The van der Waals surface area contributed by atoms with Crippen molar-refractivity contribution in [1.82, 2.24) is 10.6 Å². The van der Waals surface area contributed by atoms with Crippen molar-refractivity contribution in [3.8, 4) is 17.1 Å². The third kappa shape index (κ3) is 3.16. The number of rotatable bonds is 6. The second-order valence-electron chi connectivity index (χ2n) is 4.25. The third-order valence-corrected chi connectivity index (χ3v) is 2.78. The molecular weight excluding hydrogens is 258 g/mol. The summed E-state index contributed by atoms with van der Waals surface area (Å²) in [6.45, 7) is 2.74. The summed E-state index contributed by atoms with van der Waals surface area (Å²) < 4.78 is 10.9. The highest BCUT2D eigenvalue weighted by atomic mass is 16.5. The van der Waals surface area contributed by atoms with Gasteiger partial charge in [-0.05, 0) is 18.6 Å². The smallest absolute Gasteiger partial charge is 0.287 e. The lowest BCUT2D eigenvalue weighted by atomic mass is 10.1. The predicted octanol–water partition coefficient (Wildman–Crippen LogP) is 2.12. The number of nitrogen functional groups attached to an aromatic ring is 1. The Balaban J connectivity index is 2.23. The van der Waals surface area contributed by atoms with E-state index in [1.165, 1.54) is 6.07 Å². The van der Waals surface area contributed by atoms with Crippen LogP contribution in [0.4, 0.5) is 0 Å². The van der Waals surface area contributed by atoms with Crippen LogP contribution in [0.3, 0.4) is 0 Å². The second kappa shape index (κ2) is 6.72. The molecule has 3 N–H and O–H groups in total. The highest BCUT2D eigenvalue weighted by molar-refractivity contribution is 5.92. The van der Waals surface area contributed by atoms with Crippen molar-refractivity contribution < 1.29 is 14.1 Å². The van der Waals surface area contributed by atoms with E-state index in [1.54, 1.807) is 0 Å². The first-order chi connectivity index (χ1) is 9.76. The van der Waals surface area contributed by atoms with Gasteiger partial charge in [0.05, 0.1) is 12.2 Å². The number of hydrogen-bond acceptors (Lipinski definition) is 5.